The SMILES string of the molecule is CNC(=O)[C@H]1[C@@H]2C(=O)N([C@H](CO)c3ccccc3)[C@H](C(=O)NCc3ccccc3)[C@H]2C=C[C@H]1C. The average Bonchev–Trinajstić information content (AvgIpc) is 3.16. The summed E-state index contributed by atoms with van der Waals surface area (Å²) in [4.78, 5) is 41.8. The first-order chi connectivity index (χ1) is 16.5. The van der Waals surface area contributed by atoms with E-state index in [2.05, 4.69) is 10.6 Å². The Hall–Kier alpha value is -3.45. The Morgan fingerprint density at radius 3 is 2.26 bits per heavy atom. The lowest BCUT2D eigenvalue weighted by molar-refractivity contribution is -0.143. The fraction of sp³-hybridized carbons (Fsp3) is 0.370. The molecule has 1 aliphatic carbocycles. The number of aliphatic hydroxyl groups is 1. The molecule has 1 fully saturated rings. The summed E-state index contributed by atoms with van der Waals surface area (Å²) in [6.45, 7) is 1.90. The number of likely N-dealkylation sites (tertiary alicyclic amines) is 1. The Bertz CT molecular complexity index is 1060. The Morgan fingerprint density at radius 2 is 1.65 bits per heavy atom. The lowest BCUT2D eigenvalue weighted by atomic mass is 9.70. The molecule has 2 aromatic rings. The first kappa shape index (κ1) is 23.7. The van der Waals surface area contributed by atoms with E-state index in [1.54, 1.807) is 7.05 Å². The second kappa shape index (κ2) is 10.2. The zero-order valence-electron chi connectivity index (χ0n) is 19.4. The largest absolute Gasteiger partial charge is 0.394 e. The van der Waals surface area contributed by atoms with Crippen LogP contribution in [0.25, 0.3) is 0 Å². The molecule has 0 unspecified atom stereocenters. The maximum atomic E-state index is 13.9. The first-order valence-corrected chi connectivity index (χ1v) is 11.7. The topological polar surface area (TPSA) is 98.7 Å². The second-order valence-corrected chi connectivity index (χ2v) is 8.99. The summed E-state index contributed by atoms with van der Waals surface area (Å²) in [7, 11) is 1.56. The fourth-order valence-corrected chi connectivity index (χ4v) is 5.36. The van der Waals surface area contributed by atoms with Crippen molar-refractivity contribution in [2.45, 2.75) is 25.6 Å². The molecular weight excluding hydrogens is 430 g/mol. The van der Waals surface area contributed by atoms with Crippen LogP contribution < -0.4 is 10.6 Å². The minimum absolute atomic E-state index is 0.151. The van der Waals surface area contributed by atoms with Crippen molar-refractivity contribution in [1.29, 1.82) is 0 Å². The van der Waals surface area contributed by atoms with Crippen molar-refractivity contribution in [2.75, 3.05) is 13.7 Å². The van der Waals surface area contributed by atoms with Gasteiger partial charge in [-0.2, -0.15) is 0 Å². The molecule has 3 amide bonds. The molecule has 0 bridgehead atoms. The summed E-state index contributed by atoms with van der Waals surface area (Å²) in [5, 5.41) is 16.0. The number of nitrogens with one attached hydrogen (secondary N) is 2. The van der Waals surface area contributed by atoms with Crippen molar-refractivity contribution in [3.8, 4) is 0 Å². The van der Waals surface area contributed by atoms with Crippen LogP contribution in [0.5, 0.6) is 0 Å². The van der Waals surface area contributed by atoms with Gasteiger partial charge in [0.05, 0.1) is 24.5 Å². The van der Waals surface area contributed by atoms with Gasteiger partial charge in [0.2, 0.25) is 17.7 Å². The number of fused-ring (bicyclic) bond motifs is 1. The number of hydrogen-bond acceptors (Lipinski definition) is 4. The summed E-state index contributed by atoms with van der Waals surface area (Å²) in [6, 6.07) is 17.2. The molecule has 0 spiro atoms. The number of rotatable bonds is 7. The van der Waals surface area contributed by atoms with Crippen molar-refractivity contribution in [3.05, 3.63) is 83.9 Å². The van der Waals surface area contributed by atoms with E-state index in [1.807, 2.05) is 79.7 Å². The summed E-state index contributed by atoms with van der Waals surface area (Å²) in [5.74, 6) is -2.68. The van der Waals surface area contributed by atoms with Gasteiger partial charge in [-0.15, -0.1) is 0 Å². The van der Waals surface area contributed by atoms with E-state index in [4.69, 9.17) is 0 Å². The summed E-state index contributed by atoms with van der Waals surface area (Å²) in [5.41, 5.74) is 1.69. The van der Waals surface area contributed by atoms with Gasteiger partial charge in [0.25, 0.3) is 0 Å². The summed E-state index contributed by atoms with van der Waals surface area (Å²) in [6.07, 6.45) is 3.82. The highest BCUT2D eigenvalue weighted by atomic mass is 16.3. The quantitative estimate of drug-likeness (QED) is 0.550. The molecule has 34 heavy (non-hydrogen) atoms. The van der Waals surface area contributed by atoms with Gasteiger partial charge in [0, 0.05) is 19.5 Å². The monoisotopic (exact) mass is 461 g/mol. The normalized spacial score (nSPS) is 26.6. The molecule has 1 aliphatic heterocycles. The van der Waals surface area contributed by atoms with Crippen LogP contribution in [0.1, 0.15) is 24.1 Å². The lowest BCUT2D eigenvalue weighted by Gasteiger charge is -2.33. The van der Waals surface area contributed by atoms with Crippen LogP contribution >= 0.6 is 0 Å². The minimum atomic E-state index is -0.838. The second-order valence-electron chi connectivity index (χ2n) is 8.99. The number of benzene rings is 2. The number of allylic oxidation sites excluding steroid dienone is 1. The maximum absolute atomic E-state index is 13.9. The molecule has 7 heteroatoms. The number of hydrogen-bond donors (Lipinski definition) is 3. The van der Waals surface area contributed by atoms with Crippen LogP contribution in [0, 0.1) is 23.7 Å². The Morgan fingerprint density at radius 1 is 1.00 bits per heavy atom. The Labute approximate surface area is 199 Å². The smallest absolute Gasteiger partial charge is 0.243 e. The Kier molecular flexibility index (Phi) is 7.12. The van der Waals surface area contributed by atoms with E-state index in [9.17, 15) is 19.5 Å². The van der Waals surface area contributed by atoms with E-state index in [1.165, 1.54) is 4.90 Å². The van der Waals surface area contributed by atoms with Gasteiger partial charge in [0.15, 0.2) is 0 Å². The number of carbonyl (C=O) groups is 3. The molecule has 178 valence electrons. The van der Waals surface area contributed by atoms with Crippen molar-refractivity contribution in [2.24, 2.45) is 23.7 Å². The number of aliphatic hydroxyl groups excluding tert-OH is 1. The van der Waals surface area contributed by atoms with Crippen LogP contribution in [0.4, 0.5) is 0 Å². The van der Waals surface area contributed by atoms with Crippen LogP contribution in [0.3, 0.4) is 0 Å². The molecule has 2 aliphatic rings. The molecular formula is C27H31N3O4. The number of carbonyl (C=O) groups excluding carboxylic acids is 3. The van der Waals surface area contributed by atoms with Crippen LogP contribution in [0.2, 0.25) is 0 Å². The van der Waals surface area contributed by atoms with Crippen molar-refractivity contribution >= 4 is 17.7 Å². The molecule has 1 saturated heterocycles. The highest BCUT2D eigenvalue weighted by molar-refractivity contribution is 5.97. The van der Waals surface area contributed by atoms with E-state index in [0.29, 0.717) is 6.54 Å². The highest BCUT2D eigenvalue weighted by Gasteiger charge is 2.58. The van der Waals surface area contributed by atoms with Gasteiger partial charge in [0.1, 0.15) is 6.04 Å². The van der Waals surface area contributed by atoms with Crippen molar-refractivity contribution < 1.29 is 19.5 Å². The molecule has 0 saturated carbocycles. The fourth-order valence-electron chi connectivity index (χ4n) is 5.36. The van der Waals surface area contributed by atoms with Gasteiger partial charge >= 0.3 is 0 Å². The predicted octanol–water partition coefficient (Wildman–Crippen LogP) is 2.05. The maximum Gasteiger partial charge on any atom is 0.243 e. The van der Waals surface area contributed by atoms with Gasteiger partial charge in [-0.3, -0.25) is 14.4 Å². The van der Waals surface area contributed by atoms with E-state index < -0.39 is 29.8 Å². The third-order valence-electron chi connectivity index (χ3n) is 7.03. The van der Waals surface area contributed by atoms with Gasteiger partial charge < -0.3 is 20.6 Å². The molecule has 0 aromatic heterocycles. The van der Waals surface area contributed by atoms with Gasteiger partial charge in [-0.05, 0) is 17.0 Å². The molecule has 0 radical (unpaired) electrons. The van der Waals surface area contributed by atoms with Crippen molar-refractivity contribution in [1.82, 2.24) is 15.5 Å². The molecule has 2 aromatic carbocycles. The average molecular weight is 462 g/mol. The molecule has 4 rings (SSSR count). The molecule has 1 heterocycles. The van der Waals surface area contributed by atoms with Gasteiger partial charge in [-0.25, -0.2) is 0 Å². The van der Waals surface area contributed by atoms with Crippen LogP contribution in [-0.2, 0) is 20.9 Å². The van der Waals surface area contributed by atoms with E-state index >= 15 is 0 Å². The zero-order valence-corrected chi connectivity index (χ0v) is 19.4. The summed E-state index contributed by atoms with van der Waals surface area (Å²) >= 11 is 0. The van der Waals surface area contributed by atoms with Gasteiger partial charge in [-0.1, -0.05) is 79.7 Å². The lowest BCUT2D eigenvalue weighted by Crippen LogP contribution is -2.49. The number of amides is 3. The third kappa shape index (κ3) is 4.35. The van der Waals surface area contributed by atoms with E-state index in [0.717, 1.165) is 11.1 Å². The molecule has 7 nitrogen and oxygen atoms in total. The standard InChI is InChI=1S/C27H31N3O4/c1-17-13-14-20-23(22(17)25(32)28-2)27(34)30(21(16-31)19-11-7-4-8-12-19)24(20)26(33)29-15-18-9-5-3-6-10-18/h3-14,17,20-24,31H,15-16H2,1-2H3,(H,28,32)(H,29,33)/t17-,20+,21-,22-,23-,24+/m1/s1. The van der Waals surface area contributed by atoms with Crippen LogP contribution in [-0.4, -0.2) is 47.4 Å². The Balaban J connectivity index is 1.72. The number of nitrogens with zero attached hydrogens (tertiary/aromatic N) is 1. The van der Waals surface area contributed by atoms with E-state index in [-0.39, 0.29) is 30.2 Å². The van der Waals surface area contributed by atoms with Crippen molar-refractivity contribution in [3.63, 3.8) is 0 Å². The third-order valence-corrected chi connectivity index (χ3v) is 7.03. The first-order valence-electron chi connectivity index (χ1n) is 11.7. The predicted molar refractivity (Wildman–Crippen MR) is 128 cm³/mol. The summed E-state index contributed by atoms with van der Waals surface area (Å²) < 4.78 is 0. The molecule has 6 atom stereocenters. The highest BCUT2D eigenvalue weighted by Crippen LogP contribution is 2.46. The van der Waals surface area contributed by atoms with Crippen LogP contribution in [0.15, 0.2) is 72.8 Å². The minimum Gasteiger partial charge on any atom is -0.394 e. The zero-order chi connectivity index (χ0) is 24.2. The molecule has 3 N–H and O–H groups in total.